The second-order valence-electron chi connectivity index (χ2n) is 5.25. The number of halogens is 2. The van der Waals surface area contributed by atoms with Crippen LogP contribution in [-0.4, -0.2) is 5.11 Å². The molecule has 0 saturated heterocycles. The molecule has 20 heavy (non-hydrogen) atoms. The van der Waals surface area contributed by atoms with Gasteiger partial charge in [0.25, 0.3) is 0 Å². The van der Waals surface area contributed by atoms with Crippen molar-refractivity contribution in [2.24, 2.45) is 0 Å². The number of aliphatic hydroxyl groups is 1. The summed E-state index contributed by atoms with van der Waals surface area (Å²) in [5.41, 5.74) is 6.48. The van der Waals surface area contributed by atoms with Crippen molar-refractivity contribution in [2.45, 2.75) is 33.8 Å². The van der Waals surface area contributed by atoms with Crippen LogP contribution in [-0.2, 0) is 0 Å². The second-order valence-corrected chi connectivity index (χ2v) is 6.51. The topological polar surface area (TPSA) is 20.2 Å². The van der Waals surface area contributed by atoms with E-state index in [2.05, 4.69) is 49.7 Å². The Hall–Kier alpha value is -0.830. The number of benzene rings is 2. The van der Waals surface area contributed by atoms with E-state index >= 15 is 0 Å². The Morgan fingerprint density at radius 3 is 2.05 bits per heavy atom. The average molecular weight is 354 g/mol. The van der Waals surface area contributed by atoms with Gasteiger partial charge in [-0.25, -0.2) is 0 Å². The highest BCUT2D eigenvalue weighted by Crippen LogP contribution is 2.34. The summed E-state index contributed by atoms with van der Waals surface area (Å²) >= 11 is 9.50. The van der Waals surface area contributed by atoms with Gasteiger partial charge >= 0.3 is 0 Å². The highest BCUT2D eigenvalue weighted by atomic mass is 79.9. The molecule has 0 amide bonds. The molecule has 0 aliphatic heterocycles. The molecule has 3 heteroatoms. The third kappa shape index (κ3) is 2.78. The maximum atomic E-state index is 10.7. The first-order chi connectivity index (χ1) is 9.32. The van der Waals surface area contributed by atoms with Gasteiger partial charge in [-0.2, -0.15) is 0 Å². The van der Waals surface area contributed by atoms with Crippen LogP contribution in [0.2, 0.25) is 5.02 Å². The van der Waals surface area contributed by atoms with Crippen LogP contribution in [0, 0.1) is 27.7 Å². The number of rotatable bonds is 2. The summed E-state index contributed by atoms with van der Waals surface area (Å²) in [4.78, 5) is 0. The van der Waals surface area contributed by atoms with Crippen LogP contribution < -0.4 is 0 Å². The molecule has 0 heterocycles. The third-order valence-electron chi connectivity index (χ3n) is 3.96. The van der Waals surface area contributed by atoms with E-state index in [4.69, 9.17) is 11.6 Å². The van der Waals surface area contributed by atoms with Gasteiger partial charge in [-0.05, 0) is 89.1 Å². The summed E-state index contributed by atoms with van der Waals surface area (Å²) in [5, 5.41) is 11.4. The van der Waals surface area contributed by atoms with Gasteiger partial charge in [-0.1, -0.05) is 23.7 Å². The highest BCUT2D eigenvalue weighted by molar-refractivity contribution is 9.10. The lowest BCUT2D eigenvalue weighted by atomic mass is 9.88. The molecule has 2 aromatic rings. The van der Waals surface area contributed by atoms with Crippen LogP contribution in [0.3, 0.4) is 0 Å². The van der Waals surface area contributed by atoms with Crippen LogP contribution in [0.15, 0.2) is 28.7 Å². The first kappa shape index (κ1) is 15.6. The lowest BCUT2D eigenvalue weighted by molar-refractivity contribution is 0.218. The second kappa shape index (κ2) is 5.88. The van der Waals surface area contributed by atoms with E-state index in [9.17, 15) is 5.11 Å². The van der Waals surface area contributed by atoms with Crippen molar-refractivity contribution in [3.63, 3.8) is 0 Å². The van der Waals surface area contributed by atoms with Gasteiger partial charge in [-0.3, -0.25) is 0 Å². The molecular formula is C17H18BrClO. The molecule has 1 nitrogen and oxygen atoms in total. The van der Waals surface area contributed by atoms with Gasteiger partial charge in [0.05, 0.1) is 5.02 Å². The fraction of sp³-hybridized carbons (Fsp3) is 0.294. The van der Waals surface area contributed by atoms with Crippen LogP contribution >= 0.6 is 27.5 Å². The van der Waals surface area contributed by atoms with Crippen molar-refractivity contribution in [3.8, 4) is 0 Å². The molecule has 2 aromatic carbocycles. The van der Waals surface area contributed by atoms with E-state index in [0.29, 0.717) is 5.02 Å². The Labute approximate surface area is 133 Å². The predicted octanol–water partition coefficient (Wildman–Crippen LogP) is 5.42. The van der Waals surface area contributed by atoms with E-state index in [-0.39, 0.29) is 0 Å². The quantitative estimate of drug-likeness (QED) is 0.764. The van der Waals surface area contributed by atoms with Crippen LogP contribution in [0.4, 0.5) is 0 Å². The molecule has 0 saturated carbocycles. The van der Waals surface area contributed by atoms with Gasteiger partial charge < -0.3 is 5.11 Å². The molecule has 0 aliphatic rings. The molecule has 1 N–H and O–H groups in total. The number of aliphatic hydroxyl groups excluding tert-OH is 1. The summed E-state index contributed by atoms with van der Waals surface area (Å²) in [6.45, 7) is 8.26. The van der Waals surface area contributed by atoms with E-state index in [1.807, 2.05) is 18.2 Å². The maximum Gasteiger partial charge on any atom is 0.105 e. The minimum absolute atomic E-state index is 0.612. The fourth-order valence-electron chi connectivity index (χ4n) is 2.51. The molecule has 106 valence electrons. The van der Waals surface area contributed by atoms with E-state index < -0.39 is 6.10 Å². The molecular weight excluding hydrogens is 336 g/mol. The van der Waals surface area contributed by atoms with Crippen molar-refractivity contribution in [1.29, 1.82) is 0 Å². The normalized spacial score (nSPS) is 12.6. The minimum atomic E-state index is -0.654. The van der Waals surface area contributed by atoms with Gasteiger partial charge in [0.2, 0.25) is 0 Å². The fourth-order valence-corrected chi connectivity index (χ4v) is 2.94. The lowest BCUT2D eigenvalue weighted by Gasteiger charge is -2.21. The van der Waals surface area contributed by atoms with Gasteiger partial charge in [0.15, 0.2) is 0 Å². The van der Waals surface area contributed by atoms with Crippen LogP contribution in [0.25, 0.3) is 0 Å². The smallest absolute Gasteiger partial charge is 0.105 e. The van der Waals surface area contributed by atoms with Crippen molar-refractivity contribution in [3.05, 3.63) is 67.1 Å². The van der Waals surface area contributed by atoms with E-state index in [1.54, 1.807) is 0 Å². The van der Waals surface area contributed by atoms with Crippen molar-refractivity contribution < 1.29 is 5.11 Å². The Morgan fingerprint density at radius 1 is 1.00 bits per heavy atom. The first-order valence-corrected chi connectivity index (χ1v) is 7.70. The van der Waals surface area contributed by atoms with E-state index in [1.165, 1.54) is 11.1 Å². The summed E-state index contributed by atoms with van der Waals surface area (Å²) in [6.07, 6.45) is -0.654. The molecule has 1 atom stereocenters. The van der Waals surface area contributed by atoms with E-state index in [0.717, 1.165) is 26.7 Å². The Bertz CT molecular complexity index is 638. The van der Waals surface area contributed by atoms with Crippen molar-refractivity contribution in [1.82, 2.24) is 0 Å². The Balaban J connectivity index is 2.58. The largest absolute Gasteiger partial charge is 0.384 e. The maximum absolute atomic E-state index is 10.7. The lowest BCUT2D eigenvalue weighted by Crippen LogP contribution is -2.07. The van der Waals surface area contributed by atoms with Gasteiger partial charge in [0, 0.05) is 4.47 Å². The molecule has 0 aromatic heterocycles. The Kier molecular flexibility index (Phi) is 4.58. The highest BCUT2D eigenvalue weighted by Gasteiger charge is 2.18. The summed E-state index contributed by atoms with van der Waals surface area (Å²) in [5.74, 6) is 0. The Morgan fingerprint density at radius 2 is 1.55 bits per heavy atom. The third-order valence-corrected chi connectivity index (χ3v) is 5.19. The van der Waals surface area contributed by atoms with Crippen molar-refractivity contribution in [2.75, 3.05) is 0 Å². The van der Waals surface area contributed by atoms with Crippen LogP contribution in [0.1, 0.15) is 39.5 Å². The monoisotopic (exact) mass is 352 g/mol. The molecule has 0 bridgehead atoms. The zero-order valence-electron chi connectivity index (χ0n) is 12.1. The number of hydrogen-bond acceptors (Lipinski definition) is 1. The minimum Gasteiger partial charge on any atom is -0.384 e. The van der Waals surface area contributed by atoms with Crippen LogP contribution in [0.5, 0.6) is 0 Å². The molecule has 0 spiro atoms. The summed E-state index contributed by atoms with van der Waals surface area (Å²) in [7, 11) is 0. The molecule has 0 fully saturated rings. The average Bonchev–Trinajstić information content (AvgIpc) is 2.40. The summed E-state index contributed by atoms with van der Waals surface area (Å²) < 4.78 is 0.837. The summed E-state index contributed by atoms with van der Waals surface area (Å²) in [6, 6.07) is 7.74. The van der Waals surface area contributed by atoms with Crippen molar-refractivity contribution >= 4 is 27.5 Å². The molecule has 0 radical (unpaired) electrons. The zero-order chi connectivity index (χ0) is 15.0. The SMILES string of the molecule is Cc1cc(C)c(C)c(C(O)c2ccc(Br)c(Cl)c2)c1C. The first-order valence-electron chi connectivity index (χ1n) is 6.53. The van der Waals surface area contributed by atoms with Gasteiger partial charge in [-0.15, -0.1) is 0 Å². The predicted molar refractivity (Wildman–Crippen MR) is 88.6 cm³/mol. The number of hydrogen-bond donors (Lipinski definition) is 1. The molecule has 1 unspecified atom stereocenters. The standard InChI is InChI=1S/C17H18BrClO/c1-9-7-10(2)12(4)16(11(9)3)17(20)13-5-6-14(18)15(19)8-13/h5-8,17,20H,1-4H3. The molecule has 2 rings (SSSR count). The zero-order valence-corrected chi connectivity index (χ0v) is 14.4. The van der Waals surface area contributed by atoms with Gasteiger partial charge in [0.1, 0.15) is 6.10 Å². The number of aryl methyl sites for hydroxylation is 2. The molecule has 0 aliphatic carbocycles.